The van der Waals surface area contributed by atoms with E-state index >= 15 is 0 Å². The maximum absolute atomic E-state index is 11.9. The van der Waals surface area contributed by atoms with Crippen LogP contribution in [0.25, 0.3) is 22.2 Å². The molecule has 0 saturated heterocycles. The Kier molecular flexibility index (Phi) is 5.96. The molecule has 29 heavy (non-hydrogen) atoms. The molecule has 6 heteroatoms. The van der Waals surface area contributed by atoms with Crippen LogP contribution in [-0.2, 0) is 4.74 Å². The number of hydrogen-bond donors (Lipinski definition) is 3. The number of anilines is 1. The van der Waals surface area contributed by atoms with Crippen LogP contribution in [0, 0.1) is 36.0 Å². The van der Waals surface area contributed by atoms with Crippen molar-refractivity contribution in [3.8, 4) is 47.3 Å². The Hall–Kier alpha value is -4.05. The Morgan fingerprint density at radius 2 is 2.00 bits per heavy atom. The minimum Gasteiger partial charge on any atom is -0.465 e. The Balaban J connectivity index is 2.26. The lowest BCUT2D eigenvalue weighted by atomic mass is 9.87. The quantitative estimate of drug-likeness (QED) is 0.369. The second-order valence-electron chi connectivity index (χ2n) is 6.14. The van der Waals surface area contributed by atoms with E-state index < -0.39 is 13.0 Å². The van der Waals surface area contributed by atoms with Gasteiger partial charge in [0.2, 0.25) is 0 Å². The molecule has 5 nitrogen and oxygen atoms in total. The Labute approximate surface area is 169 Å². The summed E-state index contributed by atoms with van der Waals surface area (Å²) < 4.78 is 4.81. The molecule has 2 aromatic carbocycles. The smallest absolute Gasteiger partial charge is 0.406 e. The molecule has 0 atom stereocenters. The van der Waals surface area contributed by atoms with E-state index in [2.05, 4.69) is 39.8 Å². The van der Waals surface area contributed by atoms with Crippen molar-refractivity contribution < 1.29 is 14.6 Å². The van der Waals surface area contributed by atoms with E-state index in [-0.39, 0.29) is 0 Å². The lowest BCUT2D eigenvalue weighted by Gasteiger charge is -2.11. The molecule has 3 aromatic rings. The van der Waals surface area contributed by atoms with E-state index in [1.165, 1.54) is 7.11 Å². The second-order valence-corrected chi connectivity index (χ2v) is 6.14. The zero-order chi connectivity index (χ0) is 20.8. The molecule has 0 saturated carbocycles. The first kappa shape index (κ1) is 19.7. The molecular weight excluding hydrogens is 363 g/mol. The molecule has 0 radical (unpaired) electrons. The van der Waals surface area contributed by atoms with Gasteiger partial charge in [-0.1, -0.05) is 24.3 Å². The van der Waals surface area contributed by atoms with E-state index in [9.17, 15) is 9.82 Å². The topological polar surface area (TPSA) is 74.4 Å². The van der Waals surface area contributed by atoms with Crippen molar-refractivity contribution in [2.24, 2.45) is 0 Å². The monoisotopic (exact) mass is 380 g/mol. The first-order chi connectivity index (χ1) is 14.0. The number of ether oxygens (including phenoxy) is 1. The van der Waals surface area contributed by atoms with E-state index in [1.807, 2.05) is 30.3 Å². The third-order valence-electron chi connectivity index (χ3n) is 4.17. The number of para-hydroxylation sites is 1. The number of benzene rings is 2. The van der Waals surface area contributed by atoms with Crippen molar-refractivity contribution in [3.63, 3.8) is 0 Å². The van der Waals surface area contributed by atoms with Crippen LogP contribution >= 0.6 is 0 Å². The number of aromatic nitrogens is 1. The van der Waals surface area contributed by atoms with Gasteiger partial charge in [0.15, 0.2) is 0 Å². The molecule has 0 aliphatic rings. The van der Waals surface area contributed by atoms with Gasteiger partial charge >= 0.3 is 13.0 Å². The summed E-state index contributed by atoms with van der Waals surface area (Å²) in [6.45, 7) is 1.64. The van der Waals surface area contributed by atoms with Crippen molar-refractivity contribution in [1.29, 1.82) is 0 Å². The van der Waals surface area contributed by atoms with Gasteiger partial charge in [0.25, 0.3) is 0 Å². The van der Waals surface area contributed by atoms with Crippen molar-refractivity contribution in [2.75, 3.05) is 12.3 Å². The zero-order valence-electron chi connectivity index (χ0n) is 16.0. The summed E-state index contributed by atoms with van der Waals surface area (Å²) in [5.41, 5.74) is 4.15. The summed E-state index contributed by atoms with van der Waals surface area (Å²) in [5, 5.41) is 13.6. The molecule has 0 aliphatic heterocycles. The number of fused-ring (bicyclic) bond motifs is 1. The van der Waals surface area contributed by atoms with Gasteiger partial charge in [-0.25, -0.2) is 4.79 Å². The molecule has 140 valence electrons. The normalized spacial score (nSPS) is 9.45. The highest BCUT2D eigenvalue weighted by atomic mass is 16.5. The van der Waals surface area contributed by atoms with Gasteiger partial charge in [0.05, 0.1) is 23.9 Å². The van der Waals surface area contributed by atoms with Crippen molar-refractivity contribution in [3.05, 3.63) is 53.6 Å². The number of H-pyrrole nitrogens is 1. The number of hydrogen-bond acceptors (Lipinski definition) is 4. The fourth-order valence-electron chi connectivity index (χ4n) is 2.99. The summed E-state index contributed by atoms with van der Waals surface area (Å²) in [5.74, 6) is 12.7. The maximum Gasteiger partial charge on any atom is 0.406 e. The highest BCUT2D eigenvalue weighted by Gasteiger charge is 2.17. The summed E-state index contributed by atoms with van der Waals surface area (Å²) in [6.07, 6.45) is 5.15. The van der Waals surface area contributed by atoms with Crippen LogP contribution in [0.5, 0.6) is 0 Å². The van der Waals surface area contributed by atoms with E-state index in [4.69, 9.17) is 11.2 Å². The highest BCUT2D eigenvalue weighted by Crippen LogP contribution is 2.34. The number of carbonyl (C=O) groups excluding carboxylic acids is 1. The van der Waals surface area contributed by atoms with Gasteiger partial charge in [-0.05, 0) is 54.6 Å². The summed E-state index contributed by atoms with van der Waals surface area (Å²) >= 11 is 0. The Morgan fingerprint density at radius 1 is 1.21 bits per heavy atom. The molecule has 3 N–H and O–H groups in total. The minimum absolute atomic E-state index is 0.424. The van der Waals surface area contributed by atoms with Crippen LogP contribution in [0.4, 0.5) is 5.69 Å². The van der Waals surface area contributed by atoms with Crippen LogP contribution in [0.2, 0.25) is 6.82 Å². The summed E-state index contributed by atoms with van der Waals surface area (Å²) in [6, 6.07) is 12.7. The third kappa shape index (κ3) is 4.28. The van der Waals surface area contributed by atoms with Crippen LogP contribution in [-0.4, -0.2) is 30.1 Å². The highest BCUT2D eigenvalue weighted by molar-refractivity contribution is 6.53. The average molecular weight is 380 g/mol. The largest absolute Gasteiger partial charge is 0.465 e. The molecule has 3 rings (SSSR count). The van der Waals surface area contributed by atoms with Gasteiger partial charge in [-0.15, -0.1) is 6.42 Å². The lowest BCUT2D eigenvalue weighted by Crippen LogP contribution is -2.19. The average Bonchev–Trinajstić information content (AvgIpc) is 3.08. The standard InChI is InChI=1S/C23H17BN2O3/c1-4-5-6-7-10-18-17-14-13-16(23(27)29-3)15-21(17)25-22(18)19-11-8-9-12-20(19)26-24(2)28/h1,8-9,11-15,25-26,28H,2-3H3. The summed E-state index contributed by atoms with van der Waals surface area (Å²) in [4.78, 5) is 15.2. The van der Waals surface area contributed by atoms with Crippen LogP contribution < -0.4 is 5.23 Å². The molecule has 0 bridgehead atoms. The number of carbonyl (C=O) groups is 1. The fraction of sp³-hybridized carbons (Fsp3) is 0.0870. The van der Waals surface area contributed by atoms with Gasteiger partial charge in [0.1, 0.15) is 0 Å². The Morgan fingerprint density at radius 3 is 2.72 bits per heavy atom. The third-order valence-corrected chi connectivity index (χ3v) is 4.17. The van der Waals surface area contributed by atoms with Gasteiger partial charge in [-0.3, -0.25) is 0 Å². The molecule has 1 heterocycles. The molecule has 0 unspecified atom stereocenters. The predicted octanol–water partition coefficient (Wildman–Crippen LogP) is 3.13. The second kappa shape index (κ2) is 8.76. The Bertz CT molecular complexity index is 1240. The van der Waals surface area contributed by atoms with Crippen LogP contribution in [0.1, 0.15) is 15.9 Å². The van der Waals surface area contributed by atoms with E-state index in [0.717, 1.165) is 27.8 Å². The SMILES string of the molecule is C#CC#CC#Cc1c(-c2ccccc2NB(C)O)[nH]c2cc(C(=O)OC)ccc12. The molecule has 0 aliphatic carbocycles. The lowest BCUT2D eigenvalue weighted by molar-refractivity contribution is 0.0601. The van der Waals surface area contributed by atoms with E-state index in [0.29, 0.717) is 11.1 Å². The first-order valence-corrected chi connectivity index (χ1v) is 8.79. The zero-order valence-corrected chi connectivity index (χ0v) is 16.0. The number of rotatable bonds is 4. The van der Waals surface area contributed by atoms with Crippen LogP contribution in [0.15, 0.2) is 42.5 Å². The van der Waals surface area contributed by atoms with Crippen molar-refractivity contribution in [2.45, 2.75) is 6.82 Å². The van der Waals surface area contributed by atoms with Gasteiger partial charge < -0.3 is 20.0 Å². The van der Waals surface area contributed by atoms with Gasteiger partial charge in [0, 0.05) is 22.2 Å². The summed E-state index contributed by atoms with van der Waals surface area (Å²) in [7, 11) is 0.605. The molecule has 1 aromatic heterocycles. The van der Waals surface area contributed by atoms with Crippen LogP contribution in [0.3, 0.4) is 0 Å². The molecule has 0 fully saturated rings. The molecular formula is C23H17BN2O3. The minimum atomic E-state index is -0.734. The number of aromatic amines is 1. The first-order valence-electron chi connectivity index (χ1n) is 8.79. The number of esters is 1. The van der Waals surface area contributed by atoms with Crippen molar-refractivity contribution >= 4 is 29.6 Å². The van der Waals surface area contributed by atoms with Gasteiger partial charge in [-0.2, -0.15) is 0 Å². The predicted molar refractivity (Wildman–Crippen MR) is 116 cm³/mol. The number of methoxy groups -OCH3 is 1. The van der Waals surface area contributed by atoms with Crippen molar-refractivity contribution in [1.82, 2.24) is 4.98 Å². The number of terminal acetylenes is 1. The maximum atomic E-state index is 11.9. The molecule has 0 spiro atoms. The number of nitrogens with one attached hydrogen (secondary N) is 2. The molecule has 0 amide bonds. The van der Waals surface area contributed by atoms with E-state index in [1.54, 1.807) is 19.0 Å². The fourth-order valence-corrected chi connectivity index (χ4v) is 2.99.